The Hall–Kier alpha value is -1.19. The SMILES string of the molecule is CC(=O)O[C@H]1[C@H](OC(C)=O)COC(OBr)[C@@H]1OC(C)=O. The second-order valence-corrected chi connectivity index (χ2v) is 4.46. The first-order chi connectivity index (χ1) is 9.35. The fourth-order valence-corrected chi connectivity index (χ4v) is 2.11. The molecule has 1 rings (SSSR count). The Morgan fingerprint density at radius 1 is 0.950 bits per heavy atom. The minimum atomic E-state index is -1.06. The third-order valence-electron chi connectivity index (χ3n) is 2.39. The van der Waals surface area contributed by atoms with Crippen LogP contribution in [0, 0.1) is 0 Å². The molecule has 0 spiro atoms. The minimum absolute atomic E-state index is 0.0639. The van der Waals surface area contributed by atoms with Crippen LogP contribution in [0.3, 0.4) is 0 Å². The monoisotopic (exact) mass is 354 g/mol. The summed E-state index contributed by atoms with van der Waals surface area (Å²) in [6.45, 7) is 3.52. The van der Waals surface area contributed by atoms with Crippen molar-refractivity contribution in [3.05, 3.63) is 0 Å². The number of carbonyl (C=O) groups is 3. The second-order valence-electron chi connectivity index (χ2n) is 4.09. The summed E-state index contributed by atoms with van der Waals surface area (Å²) in [6.07, 6.45) is -3.96. The molecule has 9 heteroatoms. The van der Waals surface area contributed by atoms with E-state index in [9.17, 15) is 14.4 Å². The van der Waals surface area contributed by atoms with Gasteiger partial charge in [0.25, 0.3) is 0 Å². The van der Waals surface area contributed by atoms with Crippen LogP contribution in [0.1, 0.15) is 20.8 Å². The van der Waals surface area contributed by atoms with E-state index >= 15 is 0 Å². The quantitative estimate of drug-likeness (QED) is 0.530. The molecule has 0 aromatic carbocycles. The maximum Gasteiger partial charge on any atom is 0.303 e. The minimum Gasteiger partial charge on any atom is -0.456 e. The molecule has 0 amide bonds. The number of rotatable bonds is 4. The summed E-state index contributed by atoms with van der Waals surface area (Å²) in [5.41, 5.74) is 0. The zero-order chi connectivity index (χ0) is 15.3. The van der Waals surface area contributed by atoms with Gasteiger partial charge in [-0.2, -0.15) is 0 Å². The van der Waals surface area contributed by atoms with E-state index in [1.54, 1.807) is 0 Å². The first-order valence-electron chi connectivity index (χ1n) is 5.75. The lowest BCUT2D eigenvalue weighted by atomic mass is 10.0. The predicted octanol–water partition coefficient (Wildman–Crippen LogP) is 0.464. The highest BCUT2D eigenvalue weighted by atomic mass is 79.9. The molecule has 8 nitrogen and oxygen atoms in total. The van der Waals surface area contributed by atoms with Crippen molar-refractivity contribution in [3.8, 4) is 0 Å². The Labute approximate surface area is 124 Å². The van der Waals surface area contributed by atoms with Crippen LogP contribution < -0.4 is 0 Å². The summed E-state index contributed by atoms with van der Waals surface area (Å²) < 4.78 is 25.2. The van der Waals surface area contributed by atoms with Crippen LogP contribution in [0.2, 0.25) is 0 Å². The number of halogens is 1. The molecule has 0 radical (unpaired) electrons. The van der Waals surface area contributed by atoms with Crippen LogP contribution in [0.25, 0.3) is 0 Å². The molecule has 20 heavy (non-hydrogen) atoms. The number of ether oxygens (including phenoxy) is 4. The first-order valence-corrected chi connectivity index (χ1v) is 6.40. The molecular formula is C11H15BrO8. The Bertz CT molecular complexity index is 385. The molecule has 1 aliphatic rings. The standard InChI is InChI=1S/C11H15BrO8/c1-5(13)17-8-4-16-11(20-12)10(19-7(3)15)9(8)18-6(2)14/h8-11H,4H2,1-3H3/t8-,9+,10-,11?/m1/s1. The second kappa shape index (κ2) is 7.55. The van der Waals surface area contributed by atoms with Crippen LogP contribution in [-0.2, 0) is 37.2 Å². The summed E-state index contributed by atoms with van der Waals surface area (Å²) in [5, 5.41) is 0. The lowest BCUT2D eigenvalue weighted by molar-refractivity contribution is -0.255. The van der Waals surface area contributed by atoms with Crippen LogP contribution in [0.15, 0.2) is 0 Å². The molecule has 1 unspecified atom stereocenters. The third kappa shape index (κ3) is 4.73. The molecule has 4 atom stereocenters. The normalized spacial score (nSPS) is 29.4. The highest BCUT2D eigenvalue weighted by molar-refractivity contribution is 9.06. The van der Waals surface area contributed by atoms with Crippen molar-refractivity contribution >= 4 is 34.2 Å². The average molecular weight is 355 g/mol. The van der Waals surface area contributed by atoms with Crippen LogP contribution in [0.5, 0.6) is 0 Å². The van der Waals surface area contributed by atoms with E-state index in [2.05, 4.69) is 16.3 Å². The lowest BCUT2D eigenvalue weighted by Gasteiger charge is -2.39. The Morgan fingerprint density at radius 3 is 1.90 bits per heavy atom. The van der Waals surface area contributed by atoms with Gasteiger partial charge in [0.1, 0.15) is 16.3 Å². The van der Waals surface area contributed by atoms with Crippen LogP contribution >= 0.6 is 16.3 Å². The fourth-order valence-electron chi connectivity index (χ4n) is 1.79. The molecule has 1 saturated heterocycles. The van der Waals surface area contributed by atoms with Gasteiger partial charge in [-0.25, -0.2) is 0 Å². The summed E-state index contributed by atoms with van der Waals surface area (Å²) in [4.78, 5) is 33.4. The van der Waals surface area contributed by atoms with Crippen molar-refractivity contribution in [2.45, 2.75) is 45.4 Å². The molecule has 1 fully saturated rings. The zero-order valence-corrected chi connectivity index (χ0v) is 12.7. The van der Waals surface area contributed by atoms with Gasteiger partial charge >= 0.3 is 17.9 Å². The number of hydrogen-bond donors (Lipinski definition) is 0. The molecule has 1 heterocycles. The summed E-state index contributed by atoms with van der Waals surface area (Å²) in [7, 11) is 0. The van der Waals surface area contributed by atoms with E-state index in [0.717, 1.165) is 0 Å². The van der Waals surface area contributed by atoms with Crippen molar-refractivity contribution in [1.82, 2.24) is 0 Å². The Morgan fingerprint density at radius 2 is 1.45 bits per heavy atom. The topological polar surface area (TPSA) is 97.4 Å². The van der Waals surface area contributed by atoms with E-state index in [0.29, 0.717) is 0 Å². The molecule has 1 aliphatic heterocycles. The van der Waals surface area contributed by atoms with Crippen molar-refractivity contribution in [2.24, 2.45) is 0 Å². The Kier molecular flexibility index (Phi) is 6.37. The van der Waals surface area contributed by atoms with Gasteiger partial charge in [0.05, 0.1) is 6.61 Å². The molecule has 0 aromatic heterocycles. The molecule has 0 bridgehead atoms. The fraction of sp³-hybridized carbons (Fsp3) is 0.727. The van der Waals surface area contributed by atoms with Crippen molar-refractivity contribution in [2.75, 3.05) is 6.61 Å². The van der Waals surface area contributed by atoms with Crippen molar-refractivity contribution < 1.29 is 37.2 Å². The lowest BCUT2D eigenvalue weighted by Crippen LogP contribution is -2.57. The average Bonchev–Trinajstić information content (AvgIpc) is 2.31. The van der Waals surface area contributed by atoms with Gasteiger partial charge < -0.3 is 18.9 Å². The summed E-state index contributed by atoms with van der Waals surface area (Å²) in [5.74, 6) is -1.80. The van der Waals surface area contributed by atoms with Gasteiger partial charge in [-0.1, -0.05) is 0 Å². The van der Waals surface area contributed by atoms with Gasteiger partial charge in [0.2, 0.25) is 6.29 Å². The third-order valence-corrected chi connectivity index (χ3v) is 2.76. The zero-order valence-electron chi connectivity index (χ0n) is 11.2. The van der Waals surface area contributed by atoms with Crippen molar-refractivity contribution in [3.63, 3.8) is 0 Å². The molecule has 0 saturated carbocycles. The molecule has 0 aromatic rings. The highest BCUT2D eigenvalue weighted by Gasteiger charge is 2.47. The van der Waals surface area contributed by atoms with Crippen molar-refractivity contribution in [1.29, 1.82) is 0 Å². The highest BCUT2D eigenvalue weighted by Crippen LogP contribution is 2.26. The number of esters is 3. The van der Waals surface area contributed by atoms with E-state index < -0.39 is 42.5 Å². The first kappa shape index (κ1) is 16.9. The summed E-state index contributed by atoms with van der Waals surface area (Å²) in [6, 6.07) is 0. The number of carbonyl (C=O) groups excluding carboxylic acids is 3. The predicted molar refractivity (Wildman–Crippen MR) is 66.4 cm³/mol. The maximum absolute atomic E-state index is 11.2. The molecule has 0 aliphatic carbocycles. The van der Waals surface area contributed by atoms with Gasteiger partial charge in [-0.15, -0.1) is 0 Å². The smallest absolute Gasteiger partial charge is 0.303 e. The van der Waals surface area contributed by atoms with E-state index in [4.69, 9.17) is 22.8 Å². The largest absolute Gasteiger partial charge is 0.456 e. The summed E-state index contributed by atoms with van der Waals surface area (Å²) >= 11 is 2.74. The van der Waals surface area contributed by atoms with Gasteiger partial charge in [-0.3, -0.25) is 18.2 Å². The van der Waals surface area contributed by atoms with E-state index in [-0.39, 0.29) is 6.61 Å². The van der Waals surface area contributed by atoms with Gasteiger partial charge in [0, 0.05) is 20.8 Å². The van der Waals surface area contributed by atoms with Gasteiger partial charge in [0.15, 0.2) is 18.3 Å². The van der Waals surface area contributed by atoms with Crippen LogP contribution in [-0.4, -0.2) is 49.1 Å². The van der Waals surface area contributed by atoms with E-state index in [1.165, 1.54) is 20.8 Å². The number of hydrogen-bond acceptors (Lipinski definition) is 8. The molecular weight excluding hydrogens is 340 g/mol. The molecule has 0 N–H and O–H groups in total. The van der Waals surface area contributed by atoms with E-state index in [1.807, 2.05) is 0 Å². The van der Waals surface area contributed by atoms with Crippen LogP contribution in [0.4, 0.5) is 0 Å². The molecule has 114 valence electrons. The van der Waals surface area contributed by atoms with Gasteiger partial charge in [-0.05, 0) is 0 Å². The Balaban J connectivity index is 2.95. The maximum atomic E-state index is 11.2.